The summed E-state index contributed by atoms with van der Waals surface area (Å²) in [6.07, 6.45) is 11.5. The fourth-order valence-corrected chi connectivity index (χ4v) is 7.77. The number of hydrogen-bond acceptors (Lipinski definition) is 6. The lowest BCUT2D eigenvalue weighted by molar-refractivity contribution is -0.118. The van der Waals surface area contributed by atoms with Crippen molar-refractivity contribution in [3.05, 3.63) is 59.7 Å². The number of nitrogens with zero attached hydrogens (tertiary/aromatic N) is 1. The second-order valence-electron chi connectivity index (χ2n) is 12.4. The normalized spacial score (nSPS) is 34.2. The van der Waals surface area contributed by atoms with E-state index in [0.29, 0.717) is 35.9 Å². The summed E-state index contributed by atoms with van der Waals surface area (Å²) in [4.78, 5) is 15.5. The highest BCUT2D eigenvalue weighted by Gasteiger charge is 2.67. The van der Waals surface area contributed by atoms with Gasteiger partial charge in [-0.25, -0.2) is 0 Å². The summed E-state index contributed by atoms with van der Waals surface area (Å²) in [5.41, 5.74) is 10.1. The SMILES string of the molecule is COc1ccc2c(c1)[C@]1(C[C@H]1C1CCC3C(/C=C/c4ccc(OC5CCN(C)CC5)cc4)NNC3C1)C(=O)N2. The van der Waals surface area contributed by atoms with E-state index in [9.17, 15) is 4.79 Å². The smallest absolute Gasteiger partial charge is 0.235 e. The number of methoxy groups -OCH3 is 1. The molecule has 206 valence electrons. The molecule has 6 atom stereocenters. The third-order valence-electron chi connectivity index (χ3n) is 10.1. The quantitative estimate of drug-likeness (QED) is 0.518. The number of piperidine rings is 1. The topological polar surface area (TPSA) is 74.9 Å². The van der Waals surface area contributed by atoms with Crippen LogP contribution in [0.2, 0.25) is 0 Å². The van der Waals surface area contributed by atoms with Gasteiger partial charge in [0.15, 0.2) is 0 Å². The predicted octanol–water partition coefficient (Wildman–Crippen LogP) is 4.35. The molecule has 1 spiro atoms. The minimum absolute atomic E-state index is 0.180. The Bertz CT molecular complexity index is 1250. The maximum atomic E-state index is 13.1. The molecule has 2 aromatic carbocycles. The number of carbonyl (C=O) groups is 1. The van der Waals surface area contributed by atoms with Crippen LogP contribution >= 0.6 is 0 Å². The van der Waals surface area contributed by atoms with Gasteiger partial charge in [-0.05, 0) is 105 Å². The molecule has 0 bridgehead atoms. The molecular weight excluding hydrogens is 488 g/mol. The number of fused-ring (bicyclic) bond motifs is 3. The highest BCUT2D eigenvalue weighted by atomic mass is 16.5. The van der Waals surface area contributed by atoms with Crippen LogP contribution in [0.3, 0.4) is 0 Å². The molecule has 7 nitrogen and oxygen atoms in total. The third-order valence-corrected chi connectivity index (χ3v) is 10.1. The zero-order chi connectivity index (χ0) is 26.6. The first-order valence-corrected chi connectivity index (χ1v) is 14.7. The zero-order valence-corrected chi connectivity index (χ0v) is 23.0. The Hall–Kier alpha value is -2.87. The second-order valence-corrected chi connectivity index (χ2v) is 12.4. The summed E-state index contributed by atoms with van der Waals surface area (Å²) in [5.74, 6) is 3.52. The van der Waals surface area contributed by atoms with E-state index < -0.39 is 0 Å². The minimum Gasteiger partial charge on any atom is -0.497 e. The van der Waals surface area contributed by atoms with Crippen LogP contribution in [0.1, 0.15) is 49.7 Å². The van der Waals surface area contributed by atoms with Gasteiger partial charge in [-0.2, -0.15) is 0 Å². The van der Waals surface area contributed by atoms with Crippen LogP contribution < -0.4 is 25.6 Å². The molecule has 7 heteroatoms. The Morgan fingerprint density at radius 3 is 2.59 bits per heavy atom. The van der Waals surface area contributed by atoms with Gasteiger partial charge in [-0.3, -0.25) is 15.6 Å². The number of hydrazine groups is 1. The summed E-state index contributed by atoms with van der Waals surface area (Å²) >= 11 is 0. The molecule has 3 N–H and O–H groups in total. The van der Waals surface area contributed by atoms with Crippen LogP contribution in [0.25, 0.3) is 6.08 Å². The van der Waals surface area contributed by atoms with Crippen molar-refractivity contribution in [1.29, 1.82) is 0 Å². The lowest BCUT2D eigenvalue weighted by Crippen LogP contribution is -2.37. The molecule has 3 aliphatic heterocycles. The van der Waals surface area contributed by atoms with Gasteiger partial charge in [0.2, 0.25) is 5.91 Å². The van der Waals surface area contributed by atoms with E-state index in [0.717, 1.165) is 61.5 Å². The molecule has 2 saturated heterocycles. The van der Waals surface area contributed by atoms with E-state index in [1.54, 1.807) is 7.11 Å². The minimum atomic E-state index is -0.351. The van der Waals surface area contributed by atoms with E-state index >= 15 is 0 Å². The molecule has 4 fully saturated rings. The lowest BCUT2D eigenvalue weighted by Gasteiger charge is -2.33. The number of amides is 1. The molecule has 5 aliphatic rings. The molecule has 4 unspecified atom stereocenters. The number of likely N-dealkylation sites (tertiary alicyclic amines) is 1. The zero-order valence-electron chi connectivity index (χ0n) is 23.0. The van der Waals surface area contributed by atoms with Crippen molar-refractivity contribution in [2.45, 2.75) is 62.1 Å². The van der Waals surface area contributed by atoms with Crippen LogP contribution in [0.4, 0.5) is 5.69 Å². The first-order chi connectivity index (χ1) is 19.0. The van der Waals surface area contributed by atoms with Crippen LogP contribution in [0.5, 0.6) is 11.5 Å². The van der Waals surface area contributed by atoms with Crippen LogP contribution in [-0.4, -0.2) is 56.2 Å². The first kappa shape index (κ1) is 25.1. The predicted molar refractivity (Wildman–Crippen MR) is 153 cm³/mol. The Labute approximate surface area is 231 Å². The molecule has 2 aliphatic carbocycles. The van der Waals surface area contributed by atoms with E-state index in [1.807, 2.05) is 12.1 Å². The third kappa shape index (κ3) is 4.54. The van der Waals surface area contributed by atoms with Crippen LogP contribution in [0.15, 0.2) is 48.5 Å². The highest BCUT2D eigenvalue weighted by molar-refractivity contribution is 6.09. The van der Waals surface area contributed by atoms with E-state index in [1.165, 1.54) is 18.4 Å². The molecule has 3 heterocycles. The van der Waals surface area contributed by atoms with Gasteiger partial charge in [0.25, 0.3) is 0 Å². The summed E-state index contributed by atoms with van der Waals surface area (Å²) in [6.45, 7) is 2.22. The standard InChI is InChI=1S/C32H40N4O3/c1-36-15-13-23(14-16-36)39-22-7-3-20(4-8-22)5-11-28-25-10-6-21(17-30(25)35-34-28)27-19-32(27)26-18-24(38-2)9-12-29(26)33-31(32)37/h3-5,7-9,11-12,18,21,23,25,27-28,30,34-35H,6,10,13-17,19H2,1-2H3,(H,33,37)/b11-5+/t21?,25?,27-,28?,30?,32-/m0/s1. The fraction of sp³-hybridized carbons (Fsp3) is 0.531. The Morgan fingerprint density at radius 1 is 1.00 bits per heavy atom. The Kier molecular flexibility index (Phi) is 6.41. The summed E-state index contributed by atoms with van der Waals surface area (Å²) in [7, 11) is 3.87. The van der Waals surface area contributed by atoms with E-state index in [4.69, 9.17) is 9.47 Å². The lowest BCUT2D eigenvalue weighted by atomic mass is 9.73. The summed E-state index contributed by atoms with van der Waals surface area (Å²) in [5, 5.41) is 3.14. The molecule has 0 aromatic heterocycles. The molecule has 39 heavy (non-hydrogen) atoms. The van der Waals surface area contributed by atoms with Gasteiger partial charge in [0.1, 0.15) is 17.6 Å². The number of benzene rings is 2. The van der Waals surface area contributed by atoms with Crippen LogP contribution in [0, 0.1) is 17.8 Å². The molecule has 0 radical (unpaired) electrons. The van der Waals surface area contributed by atoms with Crippen molar-refractivity contribution in [2.75, 3.05) is 32.6 Å². The van der Waals surface area contributed by atoms with Gasteiger partial charge in [0, 0.05) is 30.9 Å². The number of ether oxygens (including phenoxy) is 2. The summed E-state index contributed by atoms with van der Waals surface area (Å²) in [6, 6.07) is 15.3. The number of hydrogen-bond donors (Lipinski definition) is 3. The average Bonchev–Trinajstić information content (AvgIpc) is 3.50. The maximum absolute atomic E-state index is 13.1. The Morgan fingerprint density at radius 2 is 1.79 bits per heavy atom. The van der Waals surface area contributed by atoms with Gasteiger partial charge in [-0.15, -0.1) is 0 Å². The van der Waals surface area contributed by atoms with Crippen molar-refractivity contribution in [3.8, 4) is 11.5 Å². The van der Waals surface area contributed by atoms with Gasteiger partial charge >= 0.3 is 0 Å². The number of rotatable bonds is 6. The molecule has 7 rings (SSSR count). The molecule has 1 amide bonds. The first-order valence-electron chi connectivity index (χ1n) is 14.7. The summed E-state index contributed by atoms with van der Waals surface area (Å²) < 4.78 is 11.7. The molecule has 2 saturated carbocycles. The maximum Gasteiger partial charge on any atom is 0.235 e. The number of anilines is 1. The van der Waals surface area contributed by atoms with Crippen molar-refractivity contribution in [3.63, 3.8) is 0 Å². The van der Waals surface area contributed by atoms with Gasteiger partial charge < -0.3 is 19.7 Å². The molecular formula is C32H40N4O3. The number of nitrogens with one attached hydrogen (secondary N) is 3. The van der Waals surface area contributed by atoms with Crippen LogP contribution in [-0.2, 0) is 10.2 Å². The van der Waals surface area contributed by atoms with Gasteiger partial charge in [0.05, 0.1) is 12.5 Å². The molecule has 2 aromatic rings. The van der Waals surface area contributed by atoms with Crippen molar-refractivity contribution >= 4 is 17.7 Å². The van der Waals surface area contributed by atoms with E-state index in [-0.39, 0.29) is 11.3 Å². The van der Waals surface area contributed by atoms with Gasteiger partial charge in [-0.1, -0.05) is 24.3 Å². The number of carbonyl (C=O) groups excluding carboxylic acids is 1. The van der Waals surface area contributed by atoms with E-state index in [2.05, 4.69) is 70.6 Å². The van der Waals surface area contributed by atoms with Crippen molar-refractivity contribution in [1.82, 2.24) is 15.8 Å². The monoisotopic (exact) mass is 528 g/mol. The average molecular weight is 529 g/mol. The largest absolute Gasteiger partial charge is 0.497 e. The Balaban J connectivity index is 0.953. The highest BCUT2D eigenvalue weighted by Crippen LogP contribution is 2.65. The van der Waals surface area contributed by atoms with Crippen molar-refractivity contribution in [2.24, 2.45) is 17.8 Å². The van der Waals surface area contributed by atoms with Crippen molar-refractivity contribution < 1.29 is 14.3 Å². The fourth-order valence-electron chi connectivity index (χ4n) is 7.77. The second kappa shape index (κ2) is 9.95.